The van der Waals surface area contributed by atoms with Gasteiger partial charge in [-0.05, 0) is 129 Å². The summed E-state index contributed by atoms with van der Waals surface area (Å²) in [6.07, 6.45) is 19.9. The predicted octanol–water partition coefficient (Wildman–Crippen LogP) is 12.6. The van der Waals surface area contributed by atoms with Crippen molar-refractivity contribution in [3.05, 3.63) is 60.3 Å². The molecule has 4 nitrogen and oxygen atoms in total. The van der Waals surface area contributed by atoms with Crippen molar-refractivity contribution in [2.75, 3.05) is 13.9 Å². The maximum absolute atomic E-state index is 7.11. The molecule has 0 aromatic heterocycles. The standard InChI is InChI=1S/C43H76O4Si2/c1-18-33(25-27-42(10,11)45-30-44-13)31(2)37-23-24-38-34(20-19-26-43(37,38)12)21-22-35-28-36(46-48(14,15)40(4,5)6)29-39(32(35)3)47-49(16,17)41(7,8)9/h18,21-22,25,27,31,33,36-39H,1,3,19-20,23-24,26,28-30H2,2,4-17H3/b27-25+,34-21+,35-22-/t31-,33-,36-,37-,38+,39+,43-/m1/s1. The Balaban J connectivity index is 1.90. The molecule has 7 atom stereocenters. The van der Waals surface area contributed by atoms with E-state index in [2.05, 4.69) is 132 Å². The molecule has 0 bridgehead atoms. The molecule has 49 heavy (non-hydrogen) atoms. The smallest absolute Gasteiger partial charge is 0.192 e. The van der Waals surface area contributed by atoms with Crippen LogP contribution in [-0.4, -0.2) is 48.3 Å². The second-order valence-electron chi connectivity index (χ2n) is 19.5. The molecule has 3 aliphatic carbocycles. The van der Waals surface area contributed by atoms with Gasteiger partial charge in [-0.1, -0.05) is 97.9 Å². The number of ether oxygens (including phenoxy) is 2. The summed E-state index contributed by atoms with van der Waals surface area (Å²) >= 11 is 0. The summed E-state index contributed by atoms with van der Waals surface area (Å²) in [6.45, 7) is 42.0. The predicted molar refractivity (Wildman–Crippen MR) is 216 cm³/mol. The van der Waals surface area contributed by atoms with E-state index in [1.165, 1.54) is 43.3 Å². The maximum Gasteiger partial charge on any atom is 0.192 e. The summed E-state index contributed by atoms with van der Waals surface area (Å²) in [5, 5.41) is 0.309. The van der Waals surface area contributed by atoms with E-state index in [-0.39, 0.29) is 27.9 Å². The van der Waals surface area contributed by atoms with Gasteiger partial charge in [0.1, 0.15) is 6.79 Å². The Morgan fingerprint density at radius 3 is 2.12 bits per heavy atom. The molecule has 0 unspecified atom stereocenters. The molecule has 0 aromatic rings. The third kappa shape index (κ3) is 10.1. The highest BCUT2D eigenvalue weighted by molar-refractivity contribution is 6.74. The fourth-order valence-corrected chi connectivity index (χ4v) is 10.9. The normalized spacial score (nSPS) is 30.6. The molecule has 0 saturated heterocycles. The van der Waals surface area contributed by atoms with Crippen molar-refractivity contribution in [1.29, 1.82) is 0 Å². The van der Waals surface area contributed by atoms with Crippen LogP contribution in [-0.2, 0) is 18.3 Å². The lowest BCUT2D eigenvalue weighted by molar-refractivity contribution is -0.0921. The molecule has 0 radical (unpaired) electrons. The quantitative estimate of drug-likeness (QED) is 0.108. The molecule has 3 saturated carbocycles. The van der Waals surface area contributed by atoms with Gasteiger partial charge >= 0.3 is 0 Å². The molecule has 3 aliphatic rings. The lowest BCUT2D eigenvalue weighted by atomic mass is 9.59. The first-order chi connectivity index (χ1) is 22.4. The zero-order valence-corrected chi connectivity index (χ0v) is 36.6. The van der Waals surface area contributed by atoms with Crippen molar-refractivity contribution in [1.82, 2.24) is 0 Å². The van der Waals surface area contributed by atoms with Gasteiger partial charge in [-0.25, -0.2) is 0 Å². The van der Waals surface area contributed by atoms with Gasteiger partial charge in [0.2, 0.25) is 0 Å². The van der Waals surface area contributed by atoms with Gasteiger partial charge in [-0.3, -0.25) is 0 Å². The Kier molecular flexibility index (Phi) is 13.8. The van der Waals surface area contributed by atoms with Crippen molar-refractivity contribution < 1.29 is 18.3 Å². The third-order valence-electron chi connectivity index (χ3n) is 13.6. The fourth-order valence-electron chi connectivity index (χ4n) is 8.25. The molecule has 280 valence electrons. The molecule has 0 spiro atoms. The first kappa shape index (κ1) is 42.4. The van der Waals surface area contributed by atoms with E-state index >= 15 is 0 Å². The molecular formula is C43H76O4Si2. The molecular weight excluding hydrogens is 637 g/mol. The minimum absolute atomic E-state index is 0.0103. The Labute approximate surface area is 305 Å². The van der Waals surface area contributed by atoms with Crippen LogP contribution in [0.1, 0.15) is 114 Å². The summed E-state index contributed by atoms with van der Waals surface area (Å²) in [7, 11) is -2.27. The van der Waals surface area contributed by atoms with E-state index in [1.54, 1.807) is 12.7 Å². The maximum atomic E-state index is 7.11. The van der Waals surface area contributed by atoms with Gasteiger partial charge in [0.05, 0.1) is 17.8 Å². The average Bonchev–Trinajstić information content (AvgIpc) is 3.33. The van der Waals surface area contributed by atoms with E-state index in [1.807, 2.05) is 0 Å². The van der Waals surface area contributed by atoms with Gasteiger partial charge in [0.25, 0.3) is 0 Å². The number of methoxy groups -OCH3 is 1. The van der Waals surface area contributed by atoms with E-state index in [0.717, 1.165) is 12.8 Å². The van der Waals surface area contributed by atoms with Crippen LogP contribution in [0.15, 0.2) is 60.3 Å². The van der Waals surface area contributed by atoms with Crippen LogP contribution in [0, 0.1) is 29.1 Å². The van der Waals surface area contributed by atoms with E-state index in [9.17, 15) is 0 Å². The molecule has 6 heteroatoms. The SMILES string of the molecule is C=C[C@H](/C=C/C(C)(C)OCOC)[C@@H](C)[C@H]1CC[C@H]2/C(=C/C=C3/C[C@@H](O[Si](C)(C)C(C)(C)C)C[C@H](O[Si](C)(C)C(C)(C)C)C3=C)CCC[C@]12C. The number of hydrogen-bond acceptors (Lipinski definition) is 4. The summed E-state index contributed by atoms with van der Waals surface area (Å²) in [5.74, 6) is 2.10. The summed E-state index contributed by atoms with van der Waals surface area (Å²) < 4.78 is 25.3. The van der Waals surface area contributed by atoms with Gasteiger partial charge < -0.3 is 18.3 Å². The van der Waals surface area contributed by atoms with Gasteiger partial charge in [0.15, 0.2) is 16.6 Å². The largest absolute Gasteiger partial charge is 0.413 e. The van der Waals surface area contributed by atoms with Crippen LogP contribution in [0.25, 0.3) is 0 Å². The molecule has 0 heterocycles. The highest BCUT2D eigenvalue weighted by Crippen LogP contribution is 2.60. The van der Waals surface area contributed by atoms with E-state index in [4.69, 9.17) is 24.9 Å². The first-order valence-corrected chi connectivity index (χ1v) is 25.1. The highest BCUT2D eigenvalue weighted by Gasteiger charge is 2.51. The topological polar surface area (TPSA) is 36.9 Å². The van der Waals surface area contributed by atoms with Crippen LogP contribution in [0.3, 0.4) is 0 Å². The summed E-state index contributed by atoms with van der Waals surface area (Å²) in [6, 6.07) is 0. The fraction of sp³-hybridized carbons (Fsp3) is 0.767. The second-order valence-corrected chi connectivity index (χ2v) is 29.1. The monoisotopic (exact) mass is 713 g/mol. The van der Waals surface area contributed by atoms with Crippen molar-refractivity contribution in [3.63, 3.8) is 0 Å². The Morgan fingerprint density at radius 2 is 1.55 bits per heavy atom. The number of rotatable bonds is 13. The van der Waals surface area contributed by atoms with Gasteiger partial charge in [0, 0.05) is 13.5 Å². The zero-order valence-electron chi connectivity index (χ0n) is 34.6. The number of fused-ring (bicyclic) bond motifs is 1. The molecule has 0 aliphatic heterocycles. The van der Waals surface area contributed by atoms with Crippen LogP contribution in [0.2, 0.25) is 36.3 Å². The van der Waals surface area contributed by atoms with Crippen molar-refractivity contribution >= 4 is 16.6 Å². The summed E-state index contributed by atoms with van der Waals surface area (Å²) in [4.78, 5) is 0. The lowest BCUT2D eigenvalue weighted by Crippen LogP contribution is -2.49. The Morgan fingerprint density at radius 1 is 0.939 bits per heavy atom. The minimum atomic E-state index is -2.00. The van der Waals surface area contributed by atoms with Gasteiger partial charge in [-0.2, -0.15) is 0 Å². The molecule has 3 rings (SSSR count). The molecule has 0 N–H and O–H groups in total. The Bertz CT molecular complexity index is 1240. The average molecular weight is 713 g/mol. The molecule has 0 aromatic carbocycles. The second kappa shape index (κ2) is 15.9. The van der Waals surface area contributed by atoms with E-state index in [0.29, 0.717) is 35.9 Å². The lowest BCUT2D eigenvalue weighted by Gasteiger charge is -2.46. The van der Waals surface area contributed by atoms with Crippen LogP contribution in [0.5, 0.6) is 0 Å². The van der Waals surface area contributed by atoms with Crippen molar-refractivity contribution in [2.24, 2.45) is 29.1 Å². The minimum Gasteiger partial charge on any atom is -0.413 e. The van der Waals surface area contributed by atoms with Crippen LogP contribution in [0.4, 0.5) is 0 Å². The zero-order chi connectivity index (χ0) is 37.2. The van der Waals surface area contributed by atoms with Gasteiger partial charge in [-0.15, -0.1) is 6.58 Å². The number of hydrogen-bond donors (Lipinski definition) is 0. The van der Waals surface area contributed by atoms with Crippen molar-refractivity contribution in [2.45, 2.75) is 168 Å². The number of allylic oxidation sites excluding steroid dienone is 5. The van der Waals surface area contributed by atoms with Crippen molar-refractivity contribution in [3.8, 4) is 0 Å². The molecule has 0 amide bonds. The molecule has 3 fully saturated rings. The highest BCUT2D eigenvalue weighted by atomic mass is 28.4. The third-order valence-corrected chi connectivity index (χ3v) is 22.6. The Hall–Kier alpha value is -1.03. The first-order valence-electron chi connectivity index (χ1n) is 19.3. The van der Waals surface area contributed by atoms with E-state index < -0.39 is 16.6 Å². The summed E-state index contributed by atoms with van der Waals surface area (Å²) in [5.41, 5.74) is 4.06. The van der Waals surface area contributed by atoms with Crippen LogP contribution < -0.4 is 0 Å². The van der Waals surface area contributed by atoms with Crippen LogP contribution >= 0.6 is 0 Å².